The summed E-state index contributed by atoms with van der Waals surface area (Å²) in [6.45, 7) is 6.97. The lowest BCUT2D eigenvalue weighted by atomic mass is 9.72. The lowest BCUT2D eigenvalue weighted by Gasteiger charge is -2.32. The predicted octanol–water partition coefficient (Wildman–Crippen LogP) is 7.08. The molecule has 0 saturated carbocycles. The number of unbranched alkanes of at least 4 members (excludes halogenated alkanes) is 7. The van der Waals surface area contributed by atoms with E-state index in [0.29, 0.717) is 5.41 Å². The summed E-state index contributed by atoms with van der Waals surface area (Å²) in [4.78, 5) is 0. The van der Waals surface area contributed by atoms with Crippen molar-refractivity contribution in [3.63, 3.8) is 0 Å². The second-order valence-electron chi connectivity index (χ2n) is 6.49. The van der Waals surface area contributed by atoms with Crippen LogP contribution >= 0.6 is 0 Å². The fourth-order valence-corrected chi connectivity index (χ4v) is 3.44. The second-order valence-corrected chi connectivity index (χ2v) is 6.49. The molecule has 0 aliphatic rings. The maximum atomic E-state index is 3.49. The van der Waals surface area contributed by atoms with Crippen molar-refractivity contribution in [1.82, 2.24) is 0 Å². The van der Waals surface area contributed by atoms with Gasteiger partial charge in [0.2, 0.25) is 0 Å². The normalized spacial score (nSPS) is 11.8. The molecule has 0 amide bonds. The quantitative estimate of drug-likeness (QED) is 0.360. The summed E-state index contributed by atoms with van der Waals surface area (Å²) in [5, 5.41) is 0. The minimum absolute atomic E-state index is 0.365. The van der Waals surface area contributed by atoms with E-state index in [1.165, 1.54) is 76.2 Å². The average molecular weight is 288 g/mol. The third-order valence-corrected chi connectivity index (χ3v) is 5.14. The zero-order chi connectivity index (χ0) is 15.4. The summed E-state index contributed by atoms with van der Waals surface area (Å²) in [7, 11) is 0. The SMILES string of the molecule is CCCCCCCCCCC(CC)(CC)c1[c]cccc1. The van der Waals surface area contributed by atoms with E-state index in [4.69, 9.17) is 0 Å². The Bertz CT molecular complexity index is 334. The Morgan fingerprint density at radius 2 is 1.43 bits per heavy atom. The van der Waals surface area contributed by atoms with Crippen LogP contribution in [0.25, 0.3) is 0 Å². The zero-order valence-corrected chi connectivity index (χ0v) is 14.6. The Hall–Kier alpha value is -0.780. The molecule has 0 heterocycles. The van der Waals surface area contributed by atoms with Crippen molar-refractivity contribution in [3.8, 4) is 0 Å². The first-order valence-electron chi connectivity index (χ1n) is 9.26. The molecule has 0 aliphatic carbocycles. The van der Waals surface area contributed by atoms with Gasteiger partial charge < -0.3 is 0 Å². The highest BCUT2D eigenvalue weighted by molar-refractivity contribution is 5.23. The third kappa shape index (κ3) is 6.24. The molecule has 0 heteroatoms. The number of hydrogen-bond donors (Lipinski definition) is 0. The fraction of sp³-hybridized carbons (Fsp3) is 0.714. The molecule has 0 unspecified atom stereocenters. The Balaban J connectivity index is 2.32. The highest BCUT2D eigenvalue weighted by Crippen LogP contribution is 2.36. The standard InChI is InChI=1S/C21H35/c1-4-7-8-9-10-11-12-16-19-21(5-2,6-3)20-17-14-13-15-18-20/h13-15,17H,4-12,16,19H2,1-3H3. The molecule has 0 nitrogen and oxygen atoms in total. The molecule has 0 bridgehead atoms. The molecule has 0 N–H and O–H groups in total. The van der Waals surface area contributed by atoms with Gasteiger partial charge in [0.1, 0.15) is 0 Å². The van der Waals surface area contributed by atoms with Crippen LogP contribution in [0.15, 0.2) is 24.3 Å². The zero-order valence-electron chi connectivity index (χ0n) is 14.6. The van der Waals surface area contributed by atoms with E-state index in [1.54, 1.807) is 0 Å². The summed E-state index contributed by atoms with van der Waals surface area (Å²) < 4.78 is 0. The molecule has 0 fully saturated rings. The summed E-state index contributed by atoms with van der Waals surface area (Å²) in [6, 6.07) is 12.1. The van der Waals surface area contributed by atoms with Crippen molar-refractivity contribution in [2.24, 2.45) is 0 Å². The summed E-state index contributed by atoms with van der Waals surface area (Å²) in [5.41, 5.74) is 1.79. The molecular weight excluding hydrogens is 252 g/mol. The first kappa shape index (κ1) is 18.3. The van der Waals surface area contributed by atoms with E-state index in [9.17, 15) is 0 Å². The maximum Gasteiger partial charge on any atom is -0.00461 e. The minimum atomic E-state index is 0.365. The fourth-order valence-electron chi connectivity index (χ4n) is 3.44. The van der Waals surface area contributed by atoms with E-state index in [0.717, 1.165) is 0 Å². The van der Waals surface area contributed by atoms with Crippen LogP contribution in [0.2, 0.25) is 0 Å². The summed E-state index contributed by atoms with van der Waals surface area (Å²) in [6.07, 6.45) is 15.1. The smallest absolute Gasteiger partial charge is 0.00461 e. The molecule has 0 aliphatic heterocycles. The van der Waals surface area contributed by atoms with Crippen LogP contribution in [0.1, 0.15) is 97.0 Å². The lowest BCUT2D eigenvalue weighted by molar-refractivity contribution is 0.347. The number of benzene rings is 1. The van der Waals surface area contributed by atoms with Crippen molar-refractivity contribution >= 4 is 0 Å². The highest BCUT2D eigenvalue weighted by atomic mass is 14.3. The Morgan fingerprint density at radius 3 is 1.95 bits per heavy atom. The first-order chi connectivity index (χ1) is 10.3. The molecule has 119 valence electrons. The summed E-state index contributed by atoms with van der Waals surface area (Å²) in [5.74, 6) is 0. The van der Waals surface area contributed by atoms with Crippen molar-refractivity contribution in [3.05, 3.63) is 35.9 Å². The van der Waals surface area contributed by atoms with E-state index in [1.807, 2.05) is 0 Å². The summed E-state index contributed by atoms with van der Waals surface area (Å²) >= 11 is 0. The first-order valence-corrected chi connectivity index (χ1v) is 9.26. The second kappa shape index (κ2) is 10.9. The molecular formula is C21H35. The van der Waals surface area contributed by atoms with Gasteiger partial charge in [0.05, 0.1) is 0 Å². The van der Waals surface area contributed by atoms with Crippen molar-refractivity contribution < 1.29 is 0 Å². The van der Waals surface area contributed by atoms with Crippen LogP contribution < -0.4 is 0 Å². The van der Waals surface area contributed by atoms with Crippen molar-refractivity contribution in [1.29, 1.82) is 0 Å². The van der Waals surface area contributed by atoms with Crippen molar-refractivity contribution in [2.45, 2.75) is 96.8 Å². The molecule has 21 heavy (non-hydrogen) atoms. The lowest BCUT2D eigenvalue weighted by Crippen LogP contribution is -2.24. The van der Waals surface area contributed by atoms with Crippen LogP contribution in [0.4, 0.5) is 0 Å². The van der Waals surface area contributed by atoms with Gasteiger partial charge in [-0.25, -0.2) is 0 Å². The van der Waals surface area contributed by atoms with Gasteiger partial charge in [0.25, 0.3) is 0 Å². The van der Waals surface area contributed by atoms with E-state index in [-0.39, 0.29) is 0 Å². The van der Waals surface area contributed by atoms with Crippen LogP contribution in [0.5, 0.6) is 0 Å². The number of rotatable bonds is 12. The van der Waals surface area contributed by atoms with E-state index >= 15 is 0 Å². The molecule has 1 radical (unpaired) electrons. The molecule has 1 rings (SSSR count). The van der Waals surface area contributed by atoms with Gasteiger partial charge in [-0.3, -0.25) is 0 Å². The van der Waals surface area contributed by atoms with Gasteiger partial charge in [0, 0.05) is 0 Å². The van der Waals surface area contributed by atoms with Gasteiger partial charge in [0.15, 0.2) is 0 Å². The largest absolute Gasteiger partial charge is 0.0654 e. The van der Waals surface area contributed by atoms with Gasteiger partial charge in [-0.1, -0.05) is 96.4 Å². The third-order valence-electron chi connectivity index (χ3n) is 5.14. The Labute approximate surface area is 133 Å². The molecule has 1 aromatic rings. The molecule has 1 aromatic carbocycles. The monoisotopic (exact) mass is 287 g/mol. The molecule has 0 spiro atoms. The topological polar surface area (TPSA) is 0 Å². The molecule has 0 saturated heterocycles. The average Bonchev–Trinajstić information content (AvgIpc) is 2.55. The van der Waals surface area contributed by atoms with Crippen LogP contribution in [0.3, 0.4) is 0 Å². The van der Waals surface area contributed by atoms with Gasteiger partial charge in [-0.15, -0.1) is 0 Å². The predicted molar refractivity (Wildman–Crippen MR) is 94.8 cm³/mol. The number of hydrogen-bond acceptors (Lipinski definition) is 0. The van der Waals surface area contributed by atoms with E-state index < -0.39 is 0 Å². The van der Waals surface area contributed by atoms with Gasteiger partial charge in [-0.2, -0.15) is 0 Å². The minimum Gasteiger partial charge on any atom is -0.0654 e. The van der Waals surface area contributed by atoms with E-state index in [2.05, 4.69) is 51.1 Å². The van der Waals surface area contributed by atoms with Gasteiger partial charge >= 0.3 is 0 Å². The van der Waals surface area contributed by atoms with Crippen LogP contribution in [-0.4, -0.2) is 0 Å². The molecule has 0 atom stereocenters. The van der Waals surface area contributed by atoms with Crippen LogP contribution in [0, 0.1) is 6.07 Å². The molecule has 0 aromatic heterocycles. The van der Waals surface area contributed by atoms with Crippen molar-refractivity contribution in [2.75, 3.05) is 0 Å². The van der Waals surface area contributed by atoms with Gasteiger partial charge in [-0.05, 0) is 36.3 Å². The highest BCUT2D eigenvalue weighted by Gasteiger charge is 2.27. The maximum absolute atomic E-state index is 3.49. The Kier molecular flexibility index (Phi) is 9.46. The Morgan fingerprint density at radius 1 is 0.810 bits per heavy atom. The van der Waals surface area contributed by atoms with Crippen LogP contribution in [-0.2, 0) is 5.41 Å².